The third kappa shape index (κ3) is 2.88. The van der Waals surface area contributed by atoms with Gasteiger partial charge >= 0.3 is 0 Å². The maximum Gasteiger partial charge on any atom is 0.264 e. The van der Waals surface area contributed by atoms with E-state index in [9.17, 15) is 13.2 Å². The Morgan fingerprint density at radius 3 is 2.52 bits per heavy atom. The number of rotatable bonds is 3. The van der Waals surface area contributed by atoms with E-state index >= 15 is 0 Å². The number of allylic oxidation sites excluding steroid dienone is 2. The van der Waals surface area contributed by atoms with Gasteiger partial charge in [0, 0.05) is 18.1 Å². The molecular formula is C25H25NO4S. The van der Waals surface area contributed by atoms with Gasteiger partial charge in [0.1, 0.15) is 11.5 Å². The zero-order valence-corrected chi connectivity index (χ0v) is 18.8. The molecule has 0 aromatic heterocycles. The highest BCUT2D eigenvalue weighted by atomic mass is 32.2. The average molecular weight is 436 g/mol. The van der Waals surface area contributed by atoms with Crippen LogP contribution in [0, 0.1) is 12.3 Å². The van der Waals surface area contributed by atoms with Gasteiger partial charge in [-0.2, -0.15) is 0 Å². The van der Waals surface area contributed by atoms with Gasteiger partial charge in [0.05, 0.1) is 29.7 Å². The molecule has 0 saturated heterocycles. The molecule has 2 aromatic carbocycles. The van der Waals surface area contributed by atoms with E-state index in [1.54, 1.807) is 25.3 Å². The number of nitrogens with zero attached hydrogens (tertiary/aromatic N) is 1. The van der Waals surface area contributed by atoms with Crippen molar-refractivity contribution in [3.63, 3.8) is 0 Å². The van der Waals surface area contributed by atoms with Crippen molar-refractivity contribution in [1.82, 2.24) is 0 Å². The van der Waals surface area contributed by atoms with Crippen molar-refractivity contribution in [2.75, 3.05) is 18.0 Å². The Kier molecular flexibility index (Phi) is 4.42. The molecule has 0 unspecified atom stereocenters. The van der Waals surface area contributed by atoms with Crippen LogP contribution in [0.4, 0.5) is 5.69 Å². The summed E-state index contributed by atoms with van der Waals surface area (Å²) in [6.45, 7) is 4.15. The molecule has 0 saturated carbocycles. The normalized spacial score (nSPS) is 22.6. The molecule has 6 heteroatoms. The first-order valence-corrected chi connectivity index (χ1v) is 11.9. The third-order valence-electron chi connectivity index (χ3n) is 6.98. The summed E-state index contributed by atoms with van der Waals surface area (Å²) in [5, 5.41) is 0. The first-order valence-electron chi connectivity index (χ1n) is 10.5. The molecular weight excluding hydrogens is 410 g/mol. The van der Waals surface area contributed by atoms with E-state index in [0.29, 0.717) is 17.9 Å². The van der Waals surface area contributed by atoms with Crippen LogP contribution in [0.25, 0.3) is 5.57 Å². The second kappa shape index (κ2) is 6.82. The molecule has 31 heavy (non-hydrogen) atoms. The molecule has 0 fully saturated rings. The molecule has 0 bridgehead atoms. The predicted octanol–water partition coefficient (Wildman–Crippen LogP) is 4.67. The van der Waals surface area contributed by atoms with Crippen LogP contribution in [0.3, 0.4) is 0 Å². The van der Waals surface area contributed by atoms with Gasteiger partial charge in [-0.1, -0.05) is 23.8 Å². The maximum absolute atomic E-state index is 13.7. The molecule has 0 radical (unpaired) electrons. The second-order valence-electron chi connectivity index (χ2n) is 8.74. The quantitative estimate of drug-likeness (QED) is 0.703. The van der Waals surface area contributed by atoms with Crippen LogP contribution >= 0.6 is 0 Å². The number of Topliss-reactive ketones (excluding diaryl/α,β-unsaturated/α-hetero) is 1. The van der Waals surface area contributed by atoms with Gasteiger partial charge in [0.2, 0.25) is 0 Å². The Labute approximate surface area is 183 Å². The van der Waals surface area contributed by atoms with Gasteiger partial charge in [0.25, 0.3) is 10.0 Å². The van der Waals surface area contributed by atoms with Crippen molar-refractivity contribution in [3.05, 3.63) is 70.8 Å². The molecule has 0 amide bonds. The molecule has 2 aromatic rings. The number of carbonyl (C=O) groups is 1. The highest BCUT2D eigenvalue weighted by Gasteiger charge is 2.47. The minimum absolute atomic E-state index is 0.223. The first-order chi connectivity index (χ1) is 14.8. The molecule has 2 aliphatic carbocycles. The summed E-state index contributed by atoms with van der Waals surface area (Å²) in [4.78, 5) is 12.9. The highest BCUT2D eigenvalue weighted by Crippen LogP contribution is 2.54. The van der Waals surface area contributed by atoms with Gasteiger partial charge in [0.15, 0.2) is 0 Å². The summed E-state index contributed by atoms with van der Waals surface area (Å²) < 4.78 is 34.4. The van der Waals surface area contributed by atoms with Gasteiger partial charge in [-0.3, -0.25) is 9.10 Å². The summed E-state index contributed by atoms with van der Waals surface area (Å²) in [7, 11) is -2.22. The lowest BCUT2D eigenvalue weighted by Gasteiger charge is -2.41. The molecule has 5 rings (SSSR count). The number of carbonyl (C=O) groups excluding carboxylic acids is 1. The topological polar surface area (TPSA) is 63.7 Å². The van der Waals surface area contributed by atoms with E-state index in [0.717, 1.165) is 40.7 Å². The van der Waals surface area contributed by atoms with Crippen LogP contribution in [0.5, 0.6) is 5.75 Å². The number of benzene rings is 2. The number of aryl methyl sites for hydroxylation is 1. The Bertz CT molecular complexity index is 1270. The van der Waals surface area contributed by atoms with E-state index in [4.69, 9.17) is 4.74 Å². The average Bonchev–Trinajstić information content (AvgIpc) is 3.07. The zero-order chi connectivity index (χ0) is 22.0. The smallest absolute Gasteiger partial charge is 0.264 e. The van der Waals surface area contributed by atoms with Gasteiger partial charge in [-0.05, 0) is 67.7 Å². The molecule has 0 N–H and O–H groups in total. The van der Waals surface area contributed by atoms with Crippen LogP contribution in [0.15, 0.2) is 64.6 Å². The lowest BCUT2D eigenvalue weighted by Crippen LogP contribution is -2.40. The van der Waals surface area contributed by atoms with Crippen LogP contribution in [0.1, 0.15) is 37.3 Å². The fourth-order valence-corrected chi connectivity index (χ4v) is 6.52. The maximum atomic E-state index is 13.7. The second-order valence-corrected chi connectivity index (χ2v) is 10.6. The Morgan fingerprint density at radius 1 is 1.06 bits per heavy atom. The number of hydrogen-bond acceptors (Lipinski definition) is 4. The van der Waals surface area contributed by atoms with E-state index in [1.165, 1.54) is 4.31 Å². The Hall–Kier alpha value is -2.86. The summed E-state index contributed by atoms with van der Waals surface area (Å²) in [5.74, 6) is 0.838. The van der Waals surface area contributed by atoms with Crippen LogP contribution in [0.2, 0.25) is 0 Å². The minimum Gasteiger partial charge on any atom is -0.497 e. The van der Waals surface area contributed by atoms with Gasteiger partial charge in [-0.15, -0.1) is 0 Å². The number of ketones is 1. The fourth-order valence-electron chi connectivity index (χ4n) is 5.07. The molecule has 1 aliphatic heterocycles. The number of ether oxygens (including phenoxy) is 1. The number of anilines is 1. The lowest BCUT2D eigenvalue weighted by molar-refractivity contribution is -0.124. The zero-order valence-electron chi connectivity index (χ0n) is 17.9. The van der Waals surface area contributed by atoms with Crippen molar-refractivity contribution in [3.8, 4) is 5.75 Å². The number of sulfonamides is 1. The van der Waals surface area contributed by atoms with Crippen LogP contribution < -0.4 is 9.04 Å². The SMILES string of the molecule is COc1ccc2c(c1)N(S(=O)(=O)c1ccc(C)cc1)CC1=C2CC[C@@]2(C)C(=O)CC=C12. The van der Waals surface area contributed by atoms with Gasteiger partial charge in [-0.25, -0.2) is 8.42 Å². The number of fused-ring (bicyclic) bond motifs is 4. The molecule has 5 nitrogen and oxygen atoms in total. The summed E-state index contributed by atoms with van der Waals surface area (Å²) >= 11 is 0. The van der Waals surface area contributed by atoms with E-state index < -0.39 is 15.4 Å². The lowest BCUT2D eigenvalue weighted by atomic mass is 9.67. The monoisotopic (exact) mass is 435 g/mol. The minimum atomic E-state index is -3.80. The van der Waals surface area contributed by atoms with Crippen molar-refractivity contribution in [1.29, 1.82) is 0 Å². The standard InChI is InChI=1S/C25H25NO4S/c1-16-4-7-18(8-5-16)31(28,29)26-15-21-19(20-9-6-17(30-3)14-23(20)26)12-13-25(2)22(21)10-11-24(25)27/h4-10,14H,11-13,15H2,1-3H3/t25-/m1/s1. The van der Waals surface area contributed by atoms with Crippen molar-refractivity contribution in [2.24, 2.45) is 5.41 Å². The Balaban J connectivity index is 1.71. The van der Waals surface area contributed by atoms with Crippen LogP contribution in [-0.4, -0.2) is 27.9 Å². The first kappa shape index (κ1) is 20.1. The van der Waals surface area contributed by atoms with E-state index in [-0.39, 0.29) is 17.2 Å². The largest absolute Gasteiger partial charge is 0.497 e. The van der Waals surface area contributed by atoms with Crippen LogP contribution in [-0.2, 0) is 14.8 Å². The van der Waals surface area contributed by atoms with Crippen molar-refractivity contribution >= 4 is 27.1 Å². The Morgan fingerprint density at radius 2 is 1.81 bits per heavy atom. The third-order valence-corrected chi connectivity index (χ3v) is 8.75. The molecule has 0 spiro atoms. The molecule has 1 heterocycles. The molecule has 160 valence electrons. The van der Waals surface area contributed by atoms with E-state index in [2.05, 4.69) is 0 Å². The summed E-state index contributed by atoms with van der Waals surface area (Å²) in [6.07, 6.45) is 3.93. The molecule has 1 atom stereocenters. The highest BCUT2D eigenvalue weighted by molar-refractivity contribution is 7.92. The summed E-state index contributed by atoms with van der Waals surface area (Å²) in [5.41, 5.74) is 5.15. The summed E-state index contributed by atoms with van der Waals surface area (Å²) in [6, 6.07) is 12.5. The molecule has 3 aliphatic rings. The van der Waals surface area contributed by atoms with E-state index in [1.807, 2.05) is 44.2 Å². The van der Waals surface area contributed by atoms with Crippen molar-refractivity contribution in [2.45, 2.75) is 38.0 Å². The fraction of sp³-hybridized carbons (Fsp3) is 0.320. The van der Waals surface area contributed by atoms with Gasteiger partial charge < -0.3 is 4.74 Å². The predicted molar refractivity (Wildman–Crippen MR) is 121 cm³/mol. The number of methoxy groups -OCH3 is 1. The van der Waals surface area contributed by atoms with Crippen molar-refractivity contribution < 1.29 is 17.9 Å². The number of hydrogen-bond donors (Lipinski definition) is 0.